The van der Waals surface area contributed by atoms with Gasteiger partial charge in [0.1, 0.15) is 0 Å². The van der Waals surface area contributed by atoms with Crippen LogP contribution in [-0.2, 0) is 9.53 Å². The zero-order valence-electron chi connectivity index (χ0n) is 12.2. The number of rotatable bonds is 3. The molecule has 0 fully saturated rings. The molecule has 0 spiro atoms. The van der Waals surface area contributed by atoms with Gasteiger partial charge in [-0.3, -0.25) is 0 Å². The smallest absolute Gasteiger partial charge is 0.330 e. The first-order valence-electron chi connectivity index (χ1n) is 7.14. The summed E-state index contributed by atoms with van der Waals surface area (Å²) in [5.41, 5.74) is 0.967. The van der Waals surface area contributed by atoms with Gasteiger partial charge in [0.05, 0.1) is 6.61 Å². The number of carbonyl (C=O) groups is 1. The van der Waals surface area contributed by atoms with Crippen molar-refractivity contribution in [1.29, 1.82) is 0 Å². The van der Waals surface area contributed by atoms with Gasteiger partial charge in [0.15, 0.2) is 0 Å². The first-order chi connectivity index (χ1) is 10.7. The topological polar surface area (TPSA) is 26.3 Å². The fourth-order valence-electron chi connectivity index (χ4n) is 2.52. The van der Waals surface area contributed by atoms with E-state index < -0.39 is 0 Å². The number of ether oxygens (including phenoxy) is 1. The number of esters is 1. The van der Waals surface area contributed by atoms with Gasteiger partial charge in [-0.15, -0.1) is 0 Å². The molecule has 0 radical (unpaired) electrons. The normalized spacial score (nSPS) is 11.4. The molecule has 0 saturated heterocycles. The maximum absolute atomic E-state index is 11.4. The molecule has 0 aliphatic heterocycles. The summed E-state index contributed by atoms with van der Waals surface area (Å²) >= 11 is 6.04. The SMILES string of the molecule is CCOC(=O)C=Cc1ccc2c(ccc3cc(Cl)ccc32)c1. The number of fused-ring (bicyclic) bond motifs is 3. The molecule has 22 heavy (non-hydrogen) atoms. The van der Waals surface area contributed by atoms with Crippen molar-refractivity contribution in [1.82, 2.24) is 0 Å². The van der Waals surface area contributed by atoms with Gasteiger partial charge >= 0.3 is 5.97 Å². The Bertz CT molecular complexity index is 881. The maximum atomic E-state index is 11.4. The van der Waals surface area contributed by atoms with Crippen LogP contribution in [0, 0.1) is 0 Å². The van der Waals surface area contributed by atoms with E-state index in [1.807, 2.05) is 24.3 Å². The minimum atomic E-state index is -0.323. The Hall–Kier alpha value is -2.32. The number of benzene rings is 3. The van der Waals surface area contributed by atoms with Gasteiger partial charge < -0.3 is 4.74 Å². The molecule has 0 amide bonds. The van der Waals surface area contributed by atoms with E-state index in [1.54, 1.807) is 13.0 Å². The second kappa shape index (κ2) is 6.20. The monoisotopic (exact) mass is 310 g/mol. The lowest BCUT2D eigenvalue weighted by molar-refractivity contribution is -0.137. The van der Waals surface area contributed by atoms with Crippen molar-refractivity contribution in [3.8, 4) is 0 Å². The van der Waals surface area contributed by atoms with Crippen molar-refractivity contribution in [2.24, 2.45) is 0 Å². The minimum absolute atomic E-state index is 0.323. The second-order valence-electron chi connectivity index (χ2n) is 5.00. The summed E-state index contributed by atoms with van der Waals surface area (Å²) in [6.45, 7) is 2.18. The maximum Gasteiger partial charge on any atom is 0.330 e. The molecule has 3 heteroatoms. The van der Waals surface area contributed by atoms with Gasteiger partial charge in [0.2, 0.25) is 0 Å². The fourth-order valence-corrected chi connectivity index (χ4v) is 2.70. The highest BCUT2D eigenvalue weighted by Gasteiger charge is 2.02. The van der Waals surface area contributed by atoms with Crippen LogP contribution in [0.5, 0.6) is 0 Å². The van der Waals surface area contributed by atoms with E-state index in [-0.39, 0.29) is 5.97 Å². The summed E-state index contributed by atoms with van der Waals surface area (Å²) in [6.07, 6.45) is 3.22. The van der Waals surface area contributed by atoms with Gasteiger partial charge in [-0.05, 0) is 58.3 Å². The van der Waals surface area contributed by atoms with E-state index in [4.69, 9.17) is 16.3 Å². The predicted molar refractivity (Wildman–Crippen MR) is 92.1 cm³/mol. The molecule has 2 nitrogen and oxygen atoms in total. The lowest BCUT2D eigenvalue weighted by Crippen LogP contribution is -1.98. The standard InChI is InChI=1S/C19H15ClO2/c1-2-22-19(21)10-4-13-3-8-17-14(11-13)5-6-15-12-16(20)7-9-18(15)17/h3-12H,2H2,1H3. The van der Waals surface area contributed by atoms with Gasteiger partial charge in [0, 0.05) is 11.1 Å². The van der Waals surface area contributed by atoms with Crippen molar-refractivity contribution in [3.05, 3.63) is 65.2 Å². The molecular weight excluding hydrogens is 296 g/mol. The minimum Gasteiger partial charge on any atom is -0.463 e. The number of carbonyl (C=O) groups excluding carboxylic acids is 1. The molecule has 0 aliphatic rings. The molecule has 0 unspecified atom stereocenters. The van der Waals surface area contributed by atoms with Gasteiger partial charge in [-0.25, -0.2) is 4.79 Å². The van der Waals surface area contributed by atoms with Crippen molar-refractivity contribution >= 4 is 45.2 Å². The quantitative estimate of drug-likeness (QED) is 0.376. The highest BCUT2D eigenvalue weighted by atomic mass is 35.5. The largest absolute Gasteiger partial charge is 0.463 e. The summed E-state index contributed by atoms with van der Waals surface area (Å²) in [4.78, 5) is 11.4. The Labute approximate surface area is 134 Å². The molecule has 0 bridgehead atoms. The van der Waals surface area contributed by atoms with E-state index in [0.29, 0.717) is 6.61 Å². The van der Waals surface area contributed by atoms with Crippen LogP contribution in [-0.4, -0.2) is 12.6 Å². The molecule has 0 aliphatic carbocycles. The van der Waals surface area contributed by atoms with Crippen LogP contribution < -0.4 is 0 Å². The van der Waals surface area contributed by atoms with E-state index in [9.17, 15) is 4.79 Å². The van der Waals surface area contributed by atoms with E-state index in [2.05, 4.69) is 24.3 Å². The van der Waals surface area contributed by atoms with Crippen molar-refractivity contribution < 1.29 is 9.53 Å². The molecule has 0 atom stereocenters. The van der Waals surface area contributed by atoms with E-state index in [0.717, 1.165) is 21.4 Å². The Kier molecular flexibility index (Phi) is 4.12. The summed E-state index contributed by atoms with van der Waals surface area (Å²) in [7, 11) is 0. The third-order valence-corrected chi connectivity index (χ3v) is 3.76. The summed E-state index contributed by atoms with van der Waals surface area (Å²) < 4.78 is 4.88. The lowest BCUT2D eigenvalue weighted by atomic mass is 10.00. The zero-order chi connectivity index (χ0) is 15.5. The van der Waals surface area contributed by atoms with Crippen molar-refractivity contribution in [2.45, 2.75) is 6.92 Å². The van der Waals surface area contributed by atoms with Crippen LogP contribution in [0.25, 0.3) is 27.6 Å². The molecule has 0 saturated carbocycles. The fraction of sp³-hybridized carbons (Fsp3) is 0.105. The van der Waals surface area contributed by atoms with Crippen LogP contribution in [0.3, 0.4) is 0 Å². The molecule has 110 valence electrons. The second-order valence-corrected chi connectivity index (χ2v) is 5.43. The first-order valence-corrected chi connectivity index (χ1v) is 7.52. The van der Waals surface area contributed by atoms with E-state index in [1.165, 1.54) is 16.8 Å². The lowest BCUT2D eigenvalue weighted by Gasteiger charge is -2.05. The molecule has 3 aromatic rings. The Morgan fingerprint density at radius 2 is 1.73 bits per heavy atom. The van der Waals surface area contributed by atoms with Crippen molar-refractivity contribution in [2.75, 3.05) is 6.61 Å². The summed E-state index contributed by atoms with van der Waals surface area (Å²) in [6, 6.07) is 16.1. The van der Waals surface area contributed by atoms with Crippen LogP contribution >= 0.6 is 11.6 Å². The number of halogens is 1. The highest BCUT2D eigenvalue weighted by molar-refractivity contribution is 6.31. The predicted octanol–water partition coefficient (Wildman–Crippen LogP) is 5.22. The average molecular weight is 311 g/mol. The molecule has 0 aromatic heterocycles. The third kappa shape index (κ3) is 2.97. The van der Waals surface area contributed by atoms with Crippen LogP contribution in [0.2, 0.25) is 5.02 Å². The first kappa shape index (κ1) is 14.6. The molecule has 3 rings (SSSR count). The van der Waals surface area contributed by atoms with Crippen molar-refractivity contribution in [3.63, 3.8) is 0 Å². The zero-order valence-corrected chi connectivity index (χ0v) is 12.9. The Balaban J connectivity index is 2.02. The van der Waals surface area contributed by atoms with Gasteiger partial charge in [0.25, 0.3) is 0 Å². The number of hydrogen-bond acceptors (Lipinski definition) is 2. The van der Waals surface area contributed by atoms with Crippen LogP contribution in [0.1, 0.15) is 12.5 Å². The van der Waals surface area contributed by atoms with Crippen LogP contribution in [0.15, 0.2) is 54.6 Å². The highest BCUT2D eigenvalue weighted by Crippen LogP contribution is 2.28. The Morgan fingerprint density at radius 1 is 1.05 bits per heavy atom. The van der Waals surface area contributed by atoms with Crippen LogP contribution in [0.4, 0.5) is 0 Å². The molecule has 0 heterocycles. The molecule has 0 N–H and O–H groups in total. The Morgan fingerprint density at radius 3 is 2.45 bits per heavy atom. The van der Waals surface area contributed by atoms with E-state index >= 15 is 0 Å². The summed E-state index contributed by atoms with van der Waals surface area (Å²) in [5.74, 6) is -0.323. The van der Waals surface area contributed by atoms with Gasteiger partial charge in [-0.1, -0.05) is 41.9 Å². The average Bonchev–Trinajstić information content (AvgIpc) is 2.52. The summed E-state index contributed by atoms with van der Waals surface area (Å²) in [5, 5.41) is 5.32. The molecular formula is C19H15ClO2. The number of hydrogen-bond donors (Lipinski definition) is 0. The molecule has 3 aromatic carbocycles. The third-order valence-electron chi connectivity index (χ3n) is 3.52. The van der Waals surface area contributed by atoms with Gasteiger partial charge in [-0.2, -0.15) is 0 Å².